The van der Waals surface area contributed by atoms with E-state index < -0.39 is 0 Å². The molecule has 1 rings (SSSR count). The number of carbonyl (C=O) groups excluding carboxylic acids is 2. The average molecular weight is 305 g/mol. The molecular formula is C17H27N3O2. The molecule has 0 fully saturated rings. The summed E-state index contributed by atoms with van der Waals surface area (Å²) in [6.45, 7) is 3.22. The van der Waals surface area contributed by atoms with Crippen LogP contribution in [0.1, 0.15) is 43.0 Å². The van der Waals surface area contributed by atoms with Crippen molar-refractivity contribution in [3.8, 4) is 0 Å². The highest BCUT2D eigenvalue weighted by atomic mass is 16.2. The standard InChI is InChI=1S/C17H27N3O2/c1-4-16(21)18-12-6-5-7-13-19-17(22)14-8-10-15(11-9-14)20(2)3/h8-11H,4-7,12-13H2,1-3H3,(H,18,21)(H,19,22). The van der Waals surface area contributed by atoms with Gasteiger partial charge in [0, 0.05) is 44.9 Å². The largest absolute Gasteiger partial charge is 0.378 e. The normalized spacial score (nSPS) is 10.1. The molecule has 0 heterocycles. The molecule has 0 atom stereocenters. The fraction of sp³-hybridized carbons (Fsp3) is 0.529. The van der Waals surface area contributed by atoms with Crippen molar-refractivity contribution >= 4 is 17.5 Å². The first-order valence-corrected chi connectivity index (χ1v) is 7.87. The number of benzene rings is 1. The molecule has 0 aliphatic heterocycles. The quantitative estimate of drug-likeness (QED) is 0.687. The Kier molecular flexibility index (Phi) is 8.04. The molecule has 0 radical (unpaired) electrons. The third-order valence-electron chi connectivity index (χ3n) is 3.43. The summed E-state index contributed by atoms with van der Waals surface area (Å²) in [5.41, 5.74) is 1.76. The molecule has 0 aliphatic rings. The summed E-state index contributed by atoms with van der Waals surface area (Å²) in [6, 6.07) is 7.55. The van der Waals surface area contributed by atoms with Crippen LogP contribution in [-0.4, -0.2) is 39.0 Å². The zero-order chi connectivity index (χ0) is 16.4. The Labute approximate surface area is 133 Å². The Bertz CT molecular complexity index is 469. The lowest BCUT2D eigenvalue weighted by atomic mass is 10.2. The molecule has 5 nitrogen and oxygen atoms in total. The van der Waals surface area contributed by atoms with Gasteiger partial charge < -0.3 is 15.5 Å². The van der Waals surface area contributed by atoms with Gasteiger partial charge >= 0.3 is 0 Å². The highest BCUT2D eigenvalue weighted by Gasteiger charge is 2.05. The van der Waals surface area contributed by atoms with E-state index in [0.29, 0.717) is 25.1 Å². The van der Waals surface area contributed by atoms with Crippen molar-refractivity contribution in [2.24, 2.45) is 0 Å². The van der Waals surface area contributed by atoms with Crippen LogP contribution in [0.2, 0.25) is 0 Å². The van der Waals surface area contributed by atoms with Crippen molar-refractivity contribution in [1.29, 1.82) is 0 Å². The summed E-state index contributed by atoms with van der Waals surface area (Å²) in [5.74, 6) is 0.0547. The minimum Gasteiger partial charge on any atom is -0.378 e. The van der Waals surface area contributed by atoms with Crippen LogP contribution in [0.5, 0.6) is 0 Å². The van der Waals surface area contributed by atoms with Crippen molar-refractivity contribution in [3.63, 3.8) is 0 Å². The van der Waals surface area contributed by atoms with E-state index in [1.165, 1.54) is 0 Å². The van der Waals surface area contributed by atoms with E-state index in [0.717, 1.165) is 24.9 Å². The monoisotopic (exact) mass is 305 g/mol. The number of hydrogen-bond donors (Lipinski definition) is 2. The van der Waals surface area contributed by atoms with Gasteiger partial charge in [0.15, 0.2) is 0 Å². The summed E-state index contributed by atoms with van der Waals surface area (Å²) >= 11 is 0. The van der Waals surface area contributed by atoms with E-state index in [2.05, 4.69) is 10.6 Å². The Morgan fingerprint density at radius 3 is 2.09 bits per heavy atom. The number of nitrogens with one attached hydrogen (secondary N) is 2. The number of hydrogen-bond acceptors (Lipinski definition) is 3. The molecular weight excluding hydrogens is 278 g/mol. The Morgan fingerprint density at radius 2 is 1.55 bits per heavy atom. The van der Waals surface area contributed by atoms with Gasteiger partial charge in [-0.3, -0.25) is 9.59 Å². The summed E-state index contributed by atoms with van der Waals surface area (Å²) in [7, 11) is 3.94. The van der Waals surface area contributed by atoms with Crippen molar-refractivity contribution in [2.75, 3.05) is 32.1 Å². The van der Waals surface area contributed by atoms with Gasteiger partial charge in [0.25, 0.3) is 5.91 Å². The zero-order valence-electron chi connectivity index (χ0n) is 13.8. The van der Waals surface area contributed by atoms with Gasteiger partial charge in [0.1, 0.15) is 0 Å². The predicted molar refractivity (Wildman–Crippen MR) is 90.3 cm³/mol. The Balaban J connectivity index is 2.16. The third kappa shape index (κ3) is 6.61. The molecule has 0 bridgehead atoms. The molecule has 0 aliphatic carbocycles. The van der Waals surface area contributed by atoms with Crippen LogP contribution in [0, 0.1) is 0 Å². The lowest BCUT2D eigenvalue weighted by Gasteiger charge is -2.12. The molecule has 0 unspecified atom stereocenters. The van der Waals surface area contributed by atoms with Crippen LogP contribution < -0.4 is 15.5 Å². The van der Waals surface area contributed by atoms with E-state index in [9.17, 15) is 9.59 Å². The first-order chi connectivity index (χ1) is 10.5. The molecule has 1 aromatic carbocycles. The number of nitrogens with zero attached hydrogens (tertiary/aromatic N) is 1. The molecule has 122 valence electrons. The van der Waals surface area contributed by atoms with Crippen LogP contribution in [0.3, 0.4) is 0 Å². The maximum Gasteiger partial charge on any atom is 0.251 e. The highest BCUT2D eigenvalue weighted by Crippen LogP contribution is 2.12. The maximum atomic E-state index is 12.0. The van der Waals surface area contributed by atoms with Crippen LogP contribution in [0.15, 0.2) is 24.3 Å². The molecule has 0 spiro atoms. The average Bonchev–Trinajstić information content (AvgIpc) is 2.53. The maximum absolute atomic E-state index is 12.0. The minimum atomic E-state index is -0.0374. The van der Waals surface area contributed by atoms with E-state index in [4.69, 9.17) is 0 Å². The Morgan fingerprint density at radius 1 is 0.955 bits per heavy atom. The predicted octanol–water partition coefficient (Wildman–Crippen LogP) is 2.18. The fourth-order valence-corrected chi connectivity index (χ4v) is 1.99. The highest BCUT2D eigenvalue weighted by molar-refractivity contribution is 5.94. The smallest absolute Gasteiger partial charge is 0.251 e. The van der Waals surface area contributed by atoms with Crippen LogP contribution >= 0.6 is 0 Å². The van der Waals surface area contributed by atoms with Gasteiger partial charge in [-0.05, 0) is 43.5 Å². The SMILES string of the molecule is CCC(=O)NCCCCCNC(=O)c1ccc(N(C)C)cc1. The second kappa shape index (κ2) is 9.82. The van der Waals surface area contributed by atoms with Gasteiger partial charge in [-0.1, -0.05) is 6.92 Å². The summed E-state index contributed by atoms with van der Waals surface area (Å²) < 4.78 is 0. The minimum absolute atomic E-state index is 0.0374. The number of rotatable bonds is 9. The lowest BCUT2D eigenvalue weighted by Crippen LogP contribution is -2.25. The number of carbonyl (C=O) groups is 2. The lowest BCUT2D eigenvalue weighted by molar-refractivity contribution is -0.120. The van der Waals surface area contributed by atoms with E-state index in [-0.39, 0.29) is 11.8 Å². The molecule has 1 aromatic rings. The van der Waals surface area contributed by atoms with Gasteiger partial charge in [-0.25, -0.2) is 0 Å². The zero-order valence-corrected chi connectivity index (χ0v) is 13.8. The summed E-state index contributed by atoms with van der Waals surface area (Å²) in [5, 5.41) is 5.76. The molecule has 0 saturated carbocycles. The van der Waals surface area contributed by atoms with Gasteiger partial charge in [0.2, 0.25) is 5.91 Å². The third-order valence-corrected chi connectivity index (χ3v) is 3.43. The Hall–Kier alpha value is -2.04. The molecule has 0 saturated heterocycles. The van der Waals surface area contributed by atoms with E-state index in [1.54, 1.807) is 0 Å². The molecule has 2 amide bonds. The summed E-state index contributed by atoms with van der Waals surface area (Å²) in [6.07, 6.45) is 3.38. The number of amides is 2. The first kappa shape index (κ1) is 18.0. The van der Waals surface area contributed by atoms with E-state index in [1.807, 2.05) is 50.2 Å². The van der Waals surface area contributed by atoms with Crippen molar-refractivity contribution in [2.45, 2.75) is 32.6 Å². The second-order valence-corrected chi connectivity index (χ2v) is 5.46. The van der Waals surface area contributed by atoms with Gasteiger partial charge in [-0.2, -0.15) is 0 Å². The molecule has 2 N–H and O–H groups in total. The molecule has 22 heavy (non-hydrogen) atoms. The molecule has 5 heteroatoms. The van der Waals surface area contributed by atoms with Gasteiger partial charge in [-0.15, -0.1) is 0 Å². The number of anilines is 1. The van der Waals surface area contributed by atoms with Crippen LogP contribution in [0.4, 0.5) is 5.69 Å². The first-order valence-electron chi connectivity index (χ1n) is 7.87. The summed E-state index contributed by atoms with van der Waals surface area (Å²) in [4.78, 5) is 25.0. The van der Waals surface area contributed by atoms with E-state index >= 15 is 0 Å². The number of unbranched alkanes of at least 4 members (excludes halogenated alkanes) is 2. The van der Waals surface area contributed by atoms with Crippen molar-refractivity contribution in [3.05, 3.63) is 29.8 Å². The second-order valence-electron chi connectivity index (χ2n) is 5.46. The van der Waals surface area contributed by atoms with Crippen LogP contribution in [-0.2, 0) is 4.79 Å². The van der Waals surface area contributed by atoms with Crippen molar-refractivity contribution in [1.82, 2.24) is 10.6 Å². The van der Waals surface area contributed by atoms with Gasteiger partial charge in [0.05, 0.1) is 0 Å². The van der Waals surface area contributed by atoms with Crippen LogP contribution in [0.25, 0.3) is 0 Å². The fourth-order valence-electron chi connectivity index (χ4n) is 1.99. The topological polar surface area (TPSA) is 61.4 Å². The molecule has 0 aromatic heterocycles. The van der Waals surface area contributed by atoms with Crippen molar-refractivity contribution < 1.29 is 9.59 Å².